The second kappa shape index (κ2) is 6.78. The number of nitrogens with zero attached hydrogens (tertiary/aromatic N) is 4. The van der Waals surface area contributed by atoms with Crippen LogP contribution in [0.25, 0.3) is 10.8 Å². The zero-order chi connectivity index (χ0) is 17.1. The summed E-state index contributed by atoms with van der Waals surface area (Å²) in [5.74, 6) is 1.52. The summed E-state index contributed by atoms with van der Waals surface area (Å²) in [6.45, 7) is 6.42. The van der Waals surface area contributed by atoms with Crippen molar-refractivity contribution in [3.05, 3.63) is 58.4 Å². The van der Waals surface area contributed by atoms with Gasteiger partial charge in [-0.15, -0.1) is 0 Å². The lowest BCUT2D eigenvalue weighted by Crippen LogP contribution is -2.31. The second-order valence-electron chi connectivity index (χ2n) is 5.91. The fraction of sp³-hybridized carbons (Fsp3) is 0.333. The van der Waals surface area contributed by atoms with Crippen molar-refractivity contribution in [2.45, 2.75) is 39.8 Å². The predicted octanol–water partition coefficient (Wildman–Crippen LogP) is 2.56. The minimum atomic E-state index is -0.0742. The Morgan fingerprint density at radius 3 is 2.83 bits per heavy atom. The molecule has 1 unspecified atom stereocenters. The molecule has 0 fully saturated rings. The van der Waals surface area contributed by atoms with Crippen LogP contribution in [0.4, 0.5) is 5.82 Å². The average Bonchev–Trinajstić information content (AvgIpc) is 2.57. The van der Waals surface area contributed by atoms with Crippen LogP contribution in [0, 0.1) is 6.92 Å². The summed E-state index contributed by atoms with van der Waals surface area (Å²) in [6, 6.07) is 9.45. The molecule has 1 aromatic carbocycles. The fourth-order valence-corrected chi connectivity index (χ4v) is 2.70. The molecular formula is C18H21N5O. The molecule has 1 N–H and O–H groups in total. The van der Waals surface area contributed by atoms with Gasteiger partial charge in [0.25, 0.3) is 5.56 Å². The van der Waals surface area contributed by atoms with E-state index in [0.717, 1.165) is 29.1 Å². The van der Waals surface area contributed by atoms with E-state index in [9.17, 15) is 4.79 Å². The van der Waals surface area contributed by atoms with Gasteiger partial charge in [0, 0.05) is 23.2 Å². The zero-order valence-corrected chi connectivity index (χ0v) is 14.2. The van der Waals surface area contributed by atoms with Crippen LogP contribution in [-0.2, 0) is 13.0 Å². The summed E-state index contributed by atoms with van der Waals surface area (Å²) in [4.78, 5) is 21.3. The minimum Gasteiger partial charge on any atom is -0.366 e. The molecule has 0 aliphatic heterocycles. The smallest absolute Gasteiger partial charge is 0.274 e. The molecule has 3 rings (SSSR count). The molecule has 3 aromatic rings. The number of hydrogen-bond donors (Lipinski definition) is 1. The first kappa shape index (κ1) is 16.1. The lowest BCUT2D eigenvalue weighted by molar-refractivity contribution is 0.536. The van der Waals surface area contributed by atoms with E-state index in [-0.39, 0.29) is 11.6 Å². The molecule has 0 aliphatic rings. The highest BCUT2D eigenvalue weighted by molar-refractivity contribution is 5.80. The number of rotatable bonds is 5. The first-order valence-corrected chi connectivity index (χ1v) is 8.12. The summed E-state index contributed by atoms with van der Waals surface area (Å²) in [7, 11) is 0. The molecule has 0 saturated carbocycles. The van der Waals surface area contributed by atoms with Gasteiger partial charge in [-0.2, -0.15) is 5.10 Å². The molecule has 0 bridgehead atoms. The molecule has 0 saturated heterocycles. The number of benzene rings is 1. The van der Waals surface area contributed by atoms with Crippen molar-refractivity contribution in [1.82, 2.24) is 19.7 Å². The molecule has 1 atom stereocenters. The third kappa shape index (κ3) is 3.42. The summed E-state index contributed by atoms with van der Waals surface area (Å²) in [5, 5.41) is 9.15. The quantitative estimate of drug-likeness (QED) is 0.781. The van der Waals surface area contributed by atoms with E-state index in [1.165, 1.54) is 4.68 Å². The Balaban J connectivity index is 1.80. The maximum atomic E-state index is 12.5. The van der Waals surface area contributed by atoms with Crippen molar-refractivity contribution >= 4 is 16.6 Å². The number of hydrogen-bond acceptors (Lipinski definition) is 5. The topological polar surface area (TPSA) is 72.7 Å². The van der Waals surface area contributed by atoms with Crippen molar-refractivity contribution < 1.29 is 0 Å². The number of fused-ring (bicyclic) bond motifs is 1. The van der Waals surface area contributed by atoms with Gasteiger partial charge >= 0.3 is 0 Å². The lowest BCUT2D eigenvalue weighted by atomic mass is 10.2. The standard InChI is InChI=1S/C18H21N5O/c1-4-15-9-17(22-13(3)21-15)20-12(2)11-23-18(24)16-8-6-5-7-14(16)10-19-23/h5-10,12H,4,11H2,1-3H3,(H,20,21,22). The van der Waals surface area contributed by atoms with E-state index in [1.54, 1.807) is 6.20 Å². The molecule has 2 aromatic heterocycles. The maximum Gasteiger partial charge on any atom is 0.274 e. The molecule has 6 nitrogen and oxygen atoms in total. The van der Waals surface area contributed by atoms with Gasteiger partial charge in [-0.25, -0.2) is 14.6 Å². The van der Waals surface area contributed by atoms with Crippen LogP contribution >= 0.6 is 0 Å². The van der Waals surface area contributed by atoms with E-state index in [2.05, 4.69) is 27.3 Å². The van der Waals surface area contributed by atoms with Gasteiger partial charge in [-0.05, 0) is 26.3 Å². The third-order valence-corrected chi connectivity index (χ3v) is 3.86. The van der Waals surface area contributed by atoms with Gasteiger partial charge in [0.05, 0.1) is 18.1 Å². The molecule has 2 heterocycles. The predicted molar refractivity (Wildman–Crippen MR) is 95.2 cm³/mol. The van der Waals surface area contributed by atoms with Gasteiger partial charge in [0.15, 0.2) is 0 Å². The molecular weight excluding hydrogens is 302 g/mol. The van der Waals surface area contributed by atoms with Gasteiger partial charge < -0.3 is 5.32 Å². The Kier molecular flexibility index (Phi) is 4.55. The minimum absolute atomic E-state index is 0.00960. The van der Waals surface area contributed by atoms with Crippen molar-refractivity contribution in [3.63, 3.8) is 0 Å². The molecule has 0 amide bonds. The van der Waals surface area contributed by atoms with E-state index in [0.29, 0.717) is 11.9 Å². The Morgan fingerprint density at radius 2 is 2.04 bits per heavy atom. The fourth-order valence-electron chi connectivity index (χ4n) is 2.70. The monoisotopic (exact) mass is 323 g/mol. The summed E-state index contributed by atoms with van der Waals surface area (Å²) >= 11 is 0. The molecule has 0 aliphatic carbocycles. The number of aromatic nitrogens is 4. The van der Waals surface area contributed by atoms with Crippen molar-refractivity contribution in [3.8, 4) is 0 Å². The van der Waals surface area contributed by atoms with Crippen LogP contribution in [0.1, 0.15) is 25.4 Å². The number of aryl methyl sites for hydroxylation is 2. The Labute approximate surface area is 140 Å². The highest BCUT2D eigenvalue weighted by Gasteiger charge is 2.09. The van der Waals surface area contributed by atoms with Crippen molar-refractivity contribution in [1.29, 1.82) is 0 Å². The van der Waals surface area contributed by atoms with E-state index >= 15 is 0 Å². The van der Waals surface area contributed by atoms with E-state index < -0.39 is 0 Å². The number of nitrogens with one attached hydrogen (secondary N) is 1. The van der Waals surface area contributed by atoms with Crippen LogP contribution in [-0.4, -0.2) is 25.8 Å². The molecule has 24 heavy (non-hydrogen) atoms. The zero-order valence-electron chi connectivity index (χ0n) is 14.2. The lowest BCUT2D eigenvalue weighted by Gasteiger charge is -2.16. The van der Waals surface area contributed by atoms with Gasteiger partial charge in [-0.1, -0.05) is 25.1 Å². The van der Waals surface area contributed by atoms with Crippen LogP contribution in [0.15, 0.2) is 41.3 Å². The first-order valence-electron chi connectivity index (χ1n) is 8.12. The Morgan fingerprint density at radius 1 is 1.25 bits per heavy atom. The maximum absolute atomic E-state index is 12.5. The molecule has 124 valence electrons. The molecule has 0 radical (unpaired) electrons. The molecule has 0 spiro atoms. The summed E-state index contributed by atoms with van der Waals surface area (Å²) in [5.41, 5.74) is 0.924. The normalized spacial score (nSPS) is 12.3. The average molecular weight is 323 g/mol. The van der Waals surface area contributed by atoms with E-state index in [1.807, 2.05) is 44.2 Å². The first-order chi connectivity index (χ1) is 11.6. The molecule has 6 heteroatoms. The van der Waals surface area contributed by atoms with Crippen LogP contribution in [0.3, 0.4) is 0 Å². The largest absolute Gasteiger partial charge is 0.366 e. The summed E-state index contributed by atoms with van der Waals surface area (Å²) in [6.07, 6.45) is 2.59. The van der Waals surface area contributed by atoms with Crippen molar-refractivity contribution in [2.75, 3.05) is 5.32 Å². The van der Waals surface area contributed by atoms with Crippen LogP contribution in [0.2, 0.25) is 0 Å². The highest BCUT2D eigenvalue weighted by Crippen LogP contribution is 2.10. The van der Waals surface area contributed by atoms with Crippen LogP contribution < -0.4 is 10.9 Å². The third-order valence-electron chi connectivity index (χ3n) is 3.86. The van der Waals surface area contributed by atoms with Gasteiger partial charge in [0.2, 0.25) is 0 Å². The van der Waals surface area contributed by atoms with Crippen molar-refractivity contribution in [2.24, 2.45) is 0 Å². The summed E-state index contributed by atoms with van der Waals surface area (Å²) < 4.78 is 1.49. The number of anilines is 1. The van der Waals surface area contributed by atoms with E-state index in [4.69, 9.17) is 0 Å². The Hall–Kier alpha value is -2.76. The second-order valence-corrected chi connectivity index (χ2v) is 5.91. The van der Waals surface area contributed by atoms with Gasteiger partial charge in [-0.3, -0.25) is 4.79 Å². The van der Waals surface area contributed by atoms with Gasteiger partial charge in [0.1, 0.15) is 11.6 Å². The van der Waals surface area contributed by atoms with Crippen LogP contribution in [0.5, 0.6) is 0 Å². The highest BCUT2D eigenvalue weighted by atomic mass is 16.1. The SMILES string of the molecule is CCc1cc(NC(C)Cn2ncc3ccccc3c2=O)nc(C)n1. The Bertz CT molecular complexity index is 919.